The van der Waals surface area contributed by atoms with E-state index in [0.29, 0.717) is 32.2 Å². The van der Waals surface area contributed by atoms with Crippen molar-refractivity contribution in [1.82, 2.24) is 16.0 Å². The van der Waals surface area contributed by atoms with E-state index in [-0.39, 0.29) is 31.3 Å². The summed E-state index contributed by atoms with van der Waals surface area (Å²) in [6, 6.07) is -4.81. The van der Waals surface area contributed by atoms with Gasteiger partial charge in [0.1, 0.15) is 18.1 Å². The van der Waals surface area contributed by atoms with Gasteiger partial charge in [0, 0.05) is 6.54 Å². The van der Waals surface area contributed by atoms with E-state index in [1.54, 1.807) is 13.8 Å². The van der Waals surface area contributed by atoms with Crippen molar-refractivity contribution < 1.29 is 34.2 Å². The molecule has 0 saturated heterocycles. The number of carbonyl (C=O) groups excluding carboxylic acids is 3. The summed E-state index contributed by atoms with van der Waals surface area (Å²) in [5.74, 6) is -5.26. The normalized spacial score (nSPS) is 14.8. The van der Waals surface area contributed by atoms with Gasteiger partial charge in [-0.15, -0.1) is 0 Å². The quantitative estimate of drug-likeness (QED) is 0.0480. The van der Waals surface area contributed by atoms with Crippen molar-refractivity contribution in [2.24, 2.45) is 33.8 Å². The summed E-state index contributed by atoms with van der Waals surface area (Å²) < 4.78 is 0. The SMILES string of the molecule is CCC(C)C(NC(=O)C(CCCCN)NC(=O)C(N)CC(=O)O)C(=O)NC(CCCN=C(N)N)C(=O)O. The maximum Gasteiger partial charge on any atom is 0.326 e. The van der Waals surface area contributed by atoms with Crippen LogP contribution in [0.25, 0.3) is 0 Å². The monoisotopic (exact) mass is 530 g/mol. The number of rotatable bonds is 19. The first-order valence-corrected chi connectivity index (χ1v) is 12.2. The largest absolute Gasteiger partial charge is 0.481 e. The predicted octanol–water partition coefficient (Wildman–Crippen LogP) is -2.44. The average Bonchev–Trinajstić information content (AvgIpc) is 2.82. The Morgan fingerprint density at radius 2 is 1.46 bits per heavy atom. The summed E-state index contributed by atoms with van der Waals surface area (Å²) in [5.41, 5.74) is 21.6. The molecule has 5 unspecified atom stereocenters. The Kier molecular flexibility index (Phi) is 16.2. The molecule has 212 valence electrons. The summed E-state index contributed by atoms with van der Waals surface area (Å²) in [4.78, 5) is 64.8. The molecule has 0 aromatic carbocycles. The second kappa shape index (κ2) is 17.9. The second-order valence-corrected chi connectivity index (χ2v) is 8.77. The van der Waals surface area contributed by atoms with Crippen LogP contribution in [-0.4, -0.2) is 83.1 Å². The molecule has 15 heteroatoms. The zero-order valence-corrected chi connectivity index (χ0v) is 21.4. The number of aliphatic carboxylic acids is 2. The maximum absolute atomic E-state index is 13.1. The van der Waals surface area contributed by atoms with Gasteiger partial charge in [-0.05, 0) is 44.6 Å². The molecule has 3 amide bonds. The van der Waals surface area contributed by atoms with Crippen LogP contribution in [0.1, 0.15) is 58.8 Å². The molecule has 0 aliphatic rings. The van der Waals surface area contributed by atoms with Crippen LogP contribution in [0.3, 0.4) is 0 Å². The van der Waals surface area contributed by atoms with Crippen LogP contribution in [0.15, 0.2) is 4.99 Å². The van der Waals surface area contributed by atoms with Gasteiger partial charge in [0.05, 0.1) is 12.5 Å². The number of nitrogens with zero attached hydrogens (tertiary/aromatic N) is 1. The van der Waals surface area contributed by atoms with Gasteiger partial charge < -0.3 is 49.1 Å². The number of hydrogen-bond acceptors (Lipinski definition) is 8. The number of nitrogens with two attached hydrogens (primary N) is 4. The van der Waals surface area contributed by atoms with E-state index in [1.165, 1.54) is 0 Å². The summed E-state index contributed by atoms with van der Waals surface area (Å²) in [6.45, 7) is 4.05. The van der Waals surface area contributed by atoms with Crippen LogP contribution in [0, 0.1) is 5.92 Å². The molecule has 0 saturated carbocycles. The number of carboxylic acid groups (broad SMARTS) is 2. The number of unbranched alkanes of at least 4 members (excludes halogenated alkanes) is 1. The highest BCUT2D eigenvalue weighted by atomic mass is 16.4. The minimum atomic E-state index is -1.37. The van der Waals surface area contributed by atoms with Crippen molar-refractivity contribution in [2.45, 2.75) is 83.0 Å². The Bertz CT molecular complexity index is 804. The standard InChI is InChI=1S/C22H42N8O7/c1-3-12(2)17(20(35)29-15(21(36)37)8-6-10-27-22(25)26)30-19(34)14(7-4-5-9-23)28-18(33)13(24)11-16(31)32/h12-15,17H,3-11,23-24H2,1-2H3,(H,28,33)(H,29,35)(H,30,34)(H,31,32)(H,36,37)(H4,25,26,27). The molecule has 0 rings (SSSR count). The first kappa shape index (κ1) is 33.5. The molecule has 37 heavy (non-hydrogen) atoms. The zero-order chi connectivity index (χ0) is 28.5. The van der Waals surface area contributed by atoms with E-state index < -0.39 is 60.2 Å². The molecule has 0 radical (unpaired) electrons. The second-order valence-electron chi connectivity index (χ2n) is 8.77. The molecule has 5 atom stereocenters. The van der Waals surface area contributed by atoms with Gasteiger partial charge in [0.25, 0.3) is 0 Å². The van der Waals surface area contributed by atoms with Crippen molar-refractivity contribution in [3.8, 4) is 0 Å². The Morgan fingerprint density at radius 3 is 1.97 bits per heavy atom. The number of hydrogen-bond donors (Lipinski definition) is 9. The first-order chi connectivity index (χ1) is 17.3. The van der Waals surface area contributed by atoms with E-state index in [2.05, 4.69) is 20.9 Å². The van der Waals surface area contributed by atoms with Gasteiger partial charge in [-0.2, -0.15) is 0 Å². The highest BCUT2D eigenvalue weighted by molar-refractivity contribution is 5.94. The first-order valence-electron chi connectivity index (χ1n) is 12.2. The van der Waals surface area contributed by atoms with Crippen molar-refractivity contribution in [3.05, 3.63) is 0 Å². The highest BCUT2D eigenvalue weighted by Gasteiger charge is 2.32. The van der Waals surface area contributed by atoms with Crippen LogP contribution in [-0.2, 0) is 24.0 Å². The number of guanidine groups is 1. The third-order valence-corrected chi connectivity index (χ3v) is 5.66. The third kappa shape index (κ3) is 14.0. The van der Waals surface area contributed by atoms with E-state index in [4.69, 9.17) is 28.0 Å². The smallest absolute Gasteiger partial charge is 0.326 e. The number of amides is 3. The number of carboxylic acids is 2. The van der Waals surface area contributed by atoms with Crippen LogP contribution < -0.4 is 38.9 Å². The van der Waals surface area contributed by atoms with Crippen LogP contribution in [0.2, 0.25) is 0 Å². The molecule has 13 N–H and O–H groups in total. The van der Waals surface area contributed by atoms with E-state index >= 15 is 0 Å². The molecule has 0 spiro atoms. The minimum Gasteiger partial charge on any atom is -0.481 e. The Hall–Kier alpha value is -3.46. The van der Waals surface area contributed by atoms with Gasteiger partial charge in [-0.25, -0.2) is 4.79 Å². The zero-order valence-electron chi connectivity index (χ0n) is 21.4. The number of aliphatic imine (C=N–C) groups is 1. The molecular formula is C22H42N8O7. The summed E-state index contributed by atoms with van der Waals surface area (Å²) >= 11 is 0. The topological polar surface area (TPSA) is 278 Å². The van der Waals surface area contributed by atoms with E-state index in [1.807, 2.05) is 0 Å². The lowest BCUT2D eigenvalue weighted by molar-refractivity contribution is -0.143. The van der Waals surface area contributed by atoms with Gasteiger partial charge in [-0.3, -0.25) is 24.2 Å². The Balaban J connectivity index is 5.54. The summed E-state index contributed by atoms with van der Waals surface area (Å²) in [5, 5.41) is 25.9. The molecule has 15 nitrogen and oxygen atoms in total. The third-order valence-electron chi connectivity index (χ3n) is 5.66. The lowest BCUT2D eigenvalue weighted by atomic mass is 9.96. The lowest BCUT2D eigenvalue weighted by Gasteiger charge is -2.28. The van der Waals surface area contributed by atoms with Gasteiger partial charge in [-0.1, -0.05) is 20.3 Å². The molecule has 0 aliphatic carbocycles. The molecular weight excluding hydrogens is 488 g/mol. The summed E-state index contributed by atoms with van der Waals surface area (Å²) in [6.07, 6.45) is 1.41. The fraction of sp³-hybridized carbons (Fsp3) is 0.727. The summed E-state index contributed by atoms with van der Waals surface area (Å²) in [7, 11) is 0. The average molecular weight is 531 g/mol. The molecule has 0 heterocycles. The number of carbonyl (C=O) groups is 5. The molecule has 0 bridgehead atoms. The van der Waals surface area contributed by atoms with Crippen LogP contribution in [0.4, 0.5) is 0 Å². The highest BCUT2D eigenvalue weighted by Crippen LogP contribution is 2.11. The van der Waals surface area contributed by atoms with Crippen LogP contribution in [0.5, 0.6) is 0 Å². The predicted molar refractivity (Wildman–Crippen MR) is 136 cm³/mol. The lowest BCUT2D eigenvalue weighted by Crippen LogP contribution is -2.58. The Labute approximate surface area is 216 Å². The molecule has 0 aromatic heterocycles. The van der Waals surface area contributed by atoms with Crippen molar-refractivity contribution >= 4 is 35.6 Å². The Morgan fingerprint density at radius 1 is 0.865 bits per heavy atom. The van der Waals surface area contributed by atoms with E-state index in [0.717, 1.165) is 0 Å². The molecule has 0 aliphatic heterocycles. The minimum absolute atomic E-state index is 0.0538. The molecule has 0 fully saturated rings. The van der Waals surface area contributed by atoms with Crippen molar-refractivity contribution in [3.63, 3.8) is 0 Å². The van der Waals surface area contributed by atoms with E-state index in [9.17, 15) is 29.1 Å². The van der Waals surface area contributed by atoms with Gasteiger partial charge in [0.2, 0.25) is 17.7 Å². The van der Waals surface area contributed by atoms with Gasteiger partial charge >= 0.3 is 11.9 Å². The van der Waals surface area contributed by atoms with Crippen molar-refractivity contribution in [1.29, 1.82) is 0 Å². The maximum atomic E-state index is 13.1. The fourth-order valence-electron chi connectivity index (χ4n) is 3.30. The number of nitrogens with one attached hydrogen (secondary N) is 3. The van der Waals surface area contributed by atoms with Crippen molar-refractivity contribution in [2.75, 3.05) is 13.1 Å². The molecule has 0 aromatic rings. The fourth-order valence-corrected chi connectivity index (χ4v) is 3.30. The van der Waals surface area contributed by atoms with Gasteiger partial charge in [0.15, 0.2) is 5.96 Å². The van der Waals surface area contributed by atoms with Crippen LogP contribution >= 0.6 is 0 Å².